The lowest BCUT2D eigenvalue weighted by Gasteiger charge is -2.13. The monoisotopic (exact) mass is 279 g/mol. The van der Waals surface area contributed by atoms with Crippen LogP contribution in [0.3, 0.4) is 0 Å². The molecule has 106 valence electrons. The Hall–Kier alpha value is -2.59. The molecule has 0 saturated carbocycles. The van der Waals surface area contributed by atoms with E-state index in [9.17, 15) is 4.79 Å². The Balaban J connectivity index is 2.29. The Morgan fingerprint density at radius 3 is 2.57 bits per heavy atom. The third-order valence-electron chi connectivity index (χ3n) is 3.81. The lowest BCUT2D eigenvalue weighted by atomic mass is 10.1. The molecule has 2 aromatic carbocycles. The molecule has 0 saturated heterocycles. The van der Waals surface area contributed by atoms with Gasteiger partial charge in [-0.1, -0.05) is 36.4 Å². The van der Waals surface area contributed by atoms with Gasteiger partial charge in [0.2, 0.25) is 0 Å². The molecule has 3 rings (SSSR count). The lowest BCUT2D eigenvalue weighted by Crippen LogP contribution is -2.30. The molecule has 0 aliphatic rings. The maximum atomic E-state index is 11.8. The Morgan fingerprint density at radius 2 is 1.81 bits per heavy atom. The lowest BCUT2D eigenvalue weighted by molar-refractivity contribution is 0.0953. The van der Waals surface area contributed by atoms with Crippen LogP contribution in [0.25, 0.3) is 16.5 Å². The molecule has 21 heavy (non-hydrogen) atoms. The summed E-state index contributed by atoms with van der Waals surface area (Å²) in [7, 11) is 0. The fraction of sp³-hybridized carbons (Fsp3) is 0.118. The molecule has 0 bridgehead atoms. The van der Waals surface area contributed by atoms with E-state index in [1.165, 1.54) is 5.39 Å². The first-order valence-electron chi connectivity index (χ1n) is 6.81. The van der Waals surface area contributed by atoms with E-state index >= 15 is 0 Å². The van der Waals surface area contributed by atoms with Crippen molar-refractivity contribution in [2.24, 2.45) is 5.84 Å². The van der Waals surface area contributed by atoms with Gasteiger partial charge < -0.3 is 4.57 Å². The highest BCUT2D eigenvalue weighted by Gasteiger charge is 2.16. The molecule has 0 aliphatic heterocycles. The summed E-state index contributed by atoms with van der Waals surface area (Å²) in [5.41, 5.74) is 5.75. The smallest absolute Gasteiger partial charge is 0.267 e. The van der Waals surface area contributed by atoms with Crippen molar-refractivity contribution in [3.05, 3.63) is 65.5 Å². The average molecular weight is 279 g/mol. The van der Waals surface area contributed by atoms with E-state index < -0.39 is 0 Å². The zero-order chi connectivity index (χ0) is 15.0. The molecule has 0 unspecified atom stereocenters. The molecule has 1 heterocycles. The van der Waals surface area contributed by atoms with Gasteiger partial charge in [0.25, 0.3) is 5.91 Å². The third kappa shape index (κ3) is 2.10. The third-order valence-corrected chi connectivity index (χ3v) is 3.81. The van der Waals surface area contributed by atoms with Crippen LogP contribution in [0.4, 0.5) is 0 Å². The predicted octanol–water partition coefficient (Wildman–Crippen LogP) is 2.85. The molecule has 0 aliphatic carbocycles. The maximum absolute atomic E-state index is 11.8. The van der Waals surface area contributed by atoms with Crippen LogP contribution in [0.5, 0.6) is 0 Å². The zero-order valence-corrected chi connectivity index (χ0v) is 12.1. The predicted molar refractivity (Wildman–Crippen MR) is 84.4 cm³/mol. The maximum Gasteiger partial charge on any atom is 0.267 e. The van der Waals surface area contributed by atoms with Gasteiger partial charge in [-0.25, -0.2) is 5.84 Å². The van der Waals surface area contributed by atoms with E-state index in [0.29, 0.717) is 5.56 Å². The second-order valence-electron chi connectivity index (χ2n) is 5.09. The number of benzene rings is 2. The molecule has 0 atom stereocenters. The minimum Gasteiger partial charge on any atom is -0.317 e. The number of nitrogen functional groups attached to an aromatic ring is 1. The number of nitrogens with zero attached hydrogens (tertiary/aromatic N) is 1. The van der Waals surface area contributed by atoms with Crippen molar-refractivity contribution in [1.82, 2.24) is 9.99 Å². The molecule has 4 nitrogen and oxygen atoms in total. The van der Waals surface area contributed by atoms with E-state index in [4.69, 9.17) is 5.84 Å². The highest BCUT2D eigenvalue weighted by atomic mass is 16.2. The Morgan fingerprint density at radius 1 is 1.10 bits per heavy atom. The van der Waals surface area contributed by atoms with Gasteiger partial charge in [0, 0.05) is 16.8 Å². The van der Waals surface area contributed by atoms with E-state index in [2.05, 4.69) is 34.3 Å². The van der Waals surface area contributed by atoms with Crippen LogP contribution in [-0.4, -0.2) is 10.5 Å². The van der Waals surface area contributed by atoms with Gasteiger partial charge in [-0.2, -0.15) is 0 Å². The summed E-state index contributed by atoms with van der Waals surface area (Å²) in [6.07, 6.45) is 0. The summed E-state index contributed by atoms with van der Waals surface area (Å²) in [4.78, 5) is 11.8. The highest BCUT2D eigenvalue weighted by molar-refractivity contribution is 5.96. The first-order chi connectivity index (χ1) is 10.1. The molecule has 3 N–H and O–H groups in total. The van der Waals surface area contributed by atoms with Crippen molar-refractivity contribution in [2.75, 3.05) is 0 Å². The van der Waals surface area contributed by atoms with Crippen LogP contribution in [0, 0.1) is 13.8 Å². The molecular weight excluding hydrogens is 262 g/mol. The first-order valence-corrected chi connectivity index (χ1v) is 6.81. The fourth-order valence-electron chi connectivity index (χ4n) is 2.84. The van der Waals surface area contributed by atoms with Crippen LogP contribution in [0.1, 0.15) is 21.7 Å². The topological polar surface area (TPSA) is 60.1 Å². The number of nitrogens with one attached hydrogen (secondary N) is 1. The molecular formula is C17H17N3O. The molecule has 3 aromatic rings. The summed E-state index contributed by atoms with van der Waals surface area (Å²) in [5, 5.41) is 2.33. The van der Waals surface area contributed by atoms with E-state index in [0.717, 1.165) is 22.5 Å². The number of fused-ring (bicyclic) bond motifs is 1. The van der Waals surface area contributed by atoms with Crippen LogP contribution in [-0.2, 0) is 0 Å². The van der Waals surface area contributed by atoms with Crippen LogP contribution in [0.2, 0.25) is 0 Å². The van der Waals surface area contributed by atoms with Crippen molar-refractivity contribution >= 4 is 16.7 Å². The molecule has 0 spiro atoms. The number of rotatable bonds is 2. The summed E-state index contributed by atoms with van der Waals surface area (Å²) in [6, 6.07) is 16.3. The van der Waals surface area contributed by atoms with Crippen LogP contribution >= 0.6 is 0 Å². The van der Waals surface area contributed by atoms with Crippen molar-refractivity contribution < 1.29 is 4.79 Å². The quantitative estimate of drug-likeness (QED) is 0.430. The largest absolute Gasteiger partial charge is 0.317 e. The summed E-state index contributed by atoms with van der Waals surface area (Å²) >= 11 is 0. The van der Waals surface area contributed by atoms with Gasteiger partial charge >= 0.3 is 0 Å². The van der Waals surface area contributed by atoms with Crippen molar-refractivity contribution in [2.45, 2.75) is 13.8 Å². The van der Waals surface area contributed by atoms with Gasteiger partial charge in [-0.15, -0.1) is 0 Å². The SMILES string of the molecule is Cc1cc(C(=O)NN)c(C)n1-c1cccc2ccccc12. The summed E-state index contributed by atoms with van der Waals surface area (Å²) in [5.74, 6) is 4.98. The van der Waals surface area contributed by atoms with E-state index in [1.54, 1.807) is 0 Å². The molecule has 0 fully saturated rings. The number of aryl methyl sites for hydroxylation is 1. The second-order valence-corrected chi connectivity index (χ2v) is 5.09. The molecule has 4 heteroatoms. The number of hydrazine groups is 1. The van der Waals surface area contributed by atoms with Crippen LogP contribution in [0.15, 0.2) is 48.5 Å². The number of hydrogen-bond donors (Lipinski definition) is 2. The van der Waals surface area contributed by atoms with Gasteiger partial charge in [-0.3, -0.25) is 10.2 Å². The Kier molecular flexibility index (Phi) is 3.23. The first kappa shape index (κ1) is 13.4. The number of nitrogens with two attached hydrogens (primary N) is 1. The Bertz CT molecular complexity index is 828. The number of aromatic nitrogens is 1. The van der Waals surface area contributed by atoms with Crippen molar-refractivity contribution in [3.8, 4) is 5.69 Å². The van der Waals surface area contributed by atoms with Crippen LogP contribution < -0.4 is 11.3 Å². The van der Waals surface area contributed by atoms with Gasteiger partial charge in [0.1, 0.15) is 0 Å². The normalized spacial score (nSPS) is 10.8. The number of amides is 1. The number of carbonyl (C=O) groups excluding carboxylic acids is 1. The molecule has 1 aromatic heterocycles. The highest BCUT2D eigenvalue weighted by Crippen LogP contribution is 2.27. The standard InChI is InChI=1S/C17H17N3O/c1-11-10-15(17(21)19-18)12(2)20(11)16-9-5-7-13-6-3-4-8-14(13)16/h3-10H,18H2,1-2H3,(H,19,21). The minimum atomic E-state index is -0.269. The molecule has 0 radical (unpaired) electrons. The Labute approximate surface area is 123 Å². The summed E-state index contributed by atoms with van der Waals surface area (Å²) < 4.78 is 2.09. The summed E-state index contributed by atoms with van der Waals surface area (Å²) in [6.45, 7) is 3.92. The number of hydrogen-bond acceptors (Lipinski definition) is 2. The average Bonchev–Trinajstić information content (AvgIpc) is 2.81. The van der Waals surface area contributed by atoms with Crippen molar-refractivity contribution in [3.63, 3.8) is 0 Å². The van der Waals surface area contributed by atoms with Gasteiger partial charge in [0.15, 0.2) is 0 Å². The van der Waals surface area contributed by atoms with E-state index in [1.807, 2.05) is 38.1 Å². The zero-order valence-electron chi connectivity index (χ0n) is 12.1. The van der Waals surface area contributed by atoms with Gasteiger partial charge in [-0.05, 0) is 31.4 Å². The van der Waals surface area contributed by atoms with Crippen molar-refractivity contribution in [1.29, 1.82) is 0 Å². The van der Waals surface area contributed by atoms with E-state index in [-0.39, 0.29) is 5.91 Å². The van der Waals surface area contributed by atoms with Gasteiger partial charge in [0.05, 0.1) is 11.3 Å². The fourth-order valence-corrected chi connectivity index (χ4v) is 2.84. The number of carbonyl (C=O) groups is 1. The second kappa shape index (κ2) is 5.07. The minimum absolute atomic E-state index is 0.269. The molecule has 1 amide bonds.